The fraction of sp³-hybridized carbons (Fsp3) is 0.348. The van der Waals surface area contributed by atoms with Crippen molar-refractivity contribution >= 4 is 33.8 Å². The fourth-order valence-corrected chi connectivity index (χ4v) is 4.37. The third-order valence-corrected chi connectivity index (χ3v) is 5.78. The monoisotopic (exact) mass is 470 g/mol. The zero-order valence-corrected chi connectivity index (χ0v) is 18.7. The number of carbonyl (C=O) groups excluding carboxylic acids is 3. The zero-order valence-electron chi connectivity index (χ0n) is 17.1. The summed E-state index contributed by atoms with van der Waals surface area (Å²) in [6.45, 7) is 5.91. The fourth-order valence-electron chi connectivity index (χ4n) is 3.96. The standard InChI is InChI=1S/C23H23BrN2O4/c1-23(2,3)30-22(29)25-11-10-14-12-16(24)8-9-17(14)19(25)21(28)26-13-15-6-4-5-7-18(15)20(26)27/h4-9,12,19H,10-11,13H2,1-3H3/t19-/m1/s1. The summed E-state index contributed by atoms with van der Waals surface area (Å²) in [5.74, 6) is -0.741. The maximum atomic E-state index is 13.7. The Bertz CT molecular complexity index is 1040. The quantitative estimate of drug-likeness (QED) is 0.576. The molecule has 0 aromatic heterocycles. The molecular formula is C23H23BrN2O4. The van der Waals surface area contributed by atoms with Gasteiger partial charge in [-0.3, -0.25) is 19.4 Å². The highest BCUT2D eigenvalue weighted by molar-refractivity contribution is 9.10. The predicted molar refractivity (Wildman–Crippen MR) is 115 cm³/mol. The minimum Gasteiger partial charge on any atom is -0.444 e. The van der Waals surface area contributed by atoms with Crippen molar-refractivity contribution in [2.45, 2.75) is 45.4 Å². The lowest BCUT2D eigenvalue weighted by atomic mass is 9.92. The Morgan fingerprint density at radius 2 is 1.83 bits per heavy atom. The molecule has 0 spiro atoms. The summed E-state index contributed by atoms with van der Waals surface area (Å²) in [6, 6.07) is 11.9. The van der Waals surface area contributed by atoms with Crippen LogP contribution in [0, 0.1) is 0 Å². The number of imide groups is 1. The molecule has 0 aliphatic carbocycles. The molecule has 2 aromatic carbocycles. The number of hydrogen-bond donors (Lipinski definition) is 0. The lowest BCUT2D eigenvalue weighted by Gasteiger charge is -2.38. The van der Waals surface area contributed by atoms with Crippen molar-refractivity contribution in [3.05, 3.63) is 69.2 Å². The van der Waals surface area contributed by atoms with Crippen LogP contribution in [-0.2, 0) is 22.5 Å². The topological polar surface area (TPSA) is 66.9 Å². The van der Waals surface area contributed by atoms with Crippen molar-refractivity contribution in [3.8, 4) is 0 Å². The second-order valence-electron chi connectivity index (χ2n) is 8.56. The van der Waals surface area contributed by atoms with Crippen LogP contribution in [0.5, 0.6) is 0 Å². The van der Waals surface area contributed by atoms with Gasteiger partial charge in [0.1, 0.15) is 11.6 Å². The van der Waals surface area contributed by atoms with Crippen LogP contribution in [0.25, 0.3) is 0 Å². The summed E-state index contributed by atoms with van der Waals surface area (Å²) in [5, 5.41) is 0. The van der Waals surface area contributed by atoms with E-state index in [0.29, 0.717) is 18.5 Å². The first-order valence-corrected chi connectivity index (χ1v) is 10.7. The van der Waals surface area contributed by atoms with Gasteiger partial charge in [-0.2, -0.15) is 0 Å². The minimum absolute atomic E-state index is 0.207. The van der Waals surface area contributed by atoms with Crippen LogP contribution in [0.3, 0.4) is 0 Å². The molecule has 3 amide bonds. The first-order valence-electron chi connectivity index (χ1n) is 9.87. The van der Waals surface area contributed by atoms with Gasteiger partial charge >= 0.3 is 6.09 Å². The van der Waals surface area contributed by atoms with Crippen molar-refractivity contribution in [3.63, 3.8) is 0 Å². The highest BCUT2D eigenvalue weighted by Crippen LogP contribution is 2.36. The molecule has 0 saturated carbocycles. The molecule has 0 N–H and O–H groups in total. The van der Waals surface area contributed by atoms with E-state index in [-0.39, 0.29) is 12.5 Å². The average molecular weight is 471 g/mol. The van der Waals surface area contributed by atoms with Gasteiger partial charge in [-0.25, -0.2) is 4.79 Å². The van der Waals surface area contributed by atoms with Crippen molar-refractivity contribution in [2.24, 2.45) is 0 Å². The summed E-state index contributed by atoms with van der Waals surface area (Å²) >= 11 is 3.47. The van der Waals surface area contributed by atoms with E-state index in [0.717, 1.165) is 21.2 Å². The number of benzene rings is 2. The predicted octanol–water partition coefficient (Wildman–Crippen LogP) is 4.47. The van der Waals surface area contributed by atoms with E-state index < -0.39 is 23.6 Å². The van der Waals surface area contributed by atoms with Gasteiger partial charge in [0, 0.05) is 16.6 Å². The van der Waals surface area contributed by atoms with Gasteiger partial charge in [0.15, 0.2) is 0 Å². The average Bonchev–Trinajstić information content (AvgIpc) is 3.02. The molecule has 30 heavy (non-hydrogen) atoms. The third kappa shape index (κ3) is 3.74. The normalized spacial score (nSPS) is 18.1. The maximum Gasteiger partial charge on any atom is 0.411 e. The molecule has 2 aliphatic heterocycles. The molecule has 2 heterocycles. The van der Waals surface area contributed by atoms with Crippen molar-refractivity contribution < 1.29 is 19.1 Å². The van der Waals surface area contributed by atoms with Gasteiger partial charge in [-0.05, 0) is 62.1 Å². The number of rotatable bonds is 1. The molecule has 156 valence electrons. The first kappa shape index (κ1) is 20.6. The first-order chi connectivity index (χ1) is 14.2. The lowest BCUT2D eigenvalue weighted by Crippen LogP contribution is -2.50. The minimum atomic E-state index is -0.907. The summed E-state index contributed by atoms with van der Waals surface area (Å²) in [7, 11) is 0. The van der Waals surface area contributed by atoms with Crippen LogP contribution in [0.15, 0.2) is 46.9 Å². The van der Waals surface area contributed by atoms with E-state index in [1.807, 2.05) is 30.3 Å². The molecule has 2 aliphatic rings. The molecule has 4 rings (SSSR count). The Balaban J connectivity index is 1.72. The number of hydrogen-bond acceptors (Lipinski definition) is 4. The largest absolute Gasteiger partial charge is 0.444 e. The van der Waals surface area contributed by atoms with E-state index in [2.05, 4.69) is 15.9 Å². The van der Waals surface area contributed by atoms with Gasteiger partial charge < -0.3 is 4.74 Å². The SMILES string of the molecule is CC(C)(C)OC(=O)N1CCc2cc(Br)ccc2[C@@H]1C(=O)N1Cc2ccccc2C1=O. The Morgan fingerprint density at radius 1 is 1.10 bits per heavy atom. The van der Waals surface area contributed by atoms with Gasteiger partial charge in [0.2, 0.25) is 0 Å². The van der Waals surface area contributed by atoms with E-state index >= 15 is 0 Å². The Labute approximate surface area is 183 Å². The Hall–Kier alpha value is -2.67. The van der Waals surface area contributed by atoms with E-state index in [1.54, 1.807) is 32.9 Å². The molecule has 1 atom stereocenters. The second-order valence-corrected chi connectivity index (χ2v) is 9.47. The van der Waals surface area contributed by atoms with E-state index in [1.165, 1.54) is 9.80 Å². The van der Waals surface area contributed by atoms with Crippen molar-refractivity contribution in [1.29, 1.82) is 0 Å². The number of ether oxygens (including phenoxy) is 1. The molecule has 7 heteroatoms. The molecule has 0 radical (unpaired) electrons. The third-order valence-electron chi connectivity index (χ3n) is 5.28. The summed E-state index contributed by atoms with van der Waals surface area (Å²) in [5.41, 5.74) is 2.36. The van der Waals surface area contributed by atoms with Crippen molar-refractivity contribution in [2.75, 3.05) is 6.54 Å². The number of amides is 3. The highest BCUT2D eigenvalue weighted by atomic mass is 79.9. The Kier molecular flexibility index (Phi) is 5.18. The smallest absolute Gasteiger partial charge is 0.411 e. The van der Waals surface area contributed by atoms with Crippen LogP contribution < -0.4 is 0 Å². The molecule has 2 aromatic rings. The van der Waals surface area contributed by atoms with E-state index in [4.69, 9.17) is 4.74 Å². The molecular weight excluding hydrogens is 448 g/mol. The molecule has 6 nitrogen and oxygen atoms in total. The van der Waals surface area contributed by atoms with Crippen LogP contribution in [0.2, 0.25) is 0 Å². The Morgan fingerprint density at radius 3 is 2.53 bits per heavy atom. The summed E-state index contributed by atoms with van der Waals surface area (Å²) in [6.07, 6.45) is 0.0463. The van der Waals surface area contributed by atoms with Crippen LogP contribution >= 0.6 is 15.9 Å². The van der Waals surface area contributed by atoms with Crippen LogP contribution in [0.4, 0.5) is 4.79 Å². The summed E-state index contributed by atoms with van der Waals surface area (Å²) < 4.78 is 6.48. The zero-order chi connectivity index (χ0) is 21.6. The molecule has 0 unspecified atom stereocenters. The molecule has 0 saturated heterocycles. The van der Waals surface area contributed by atoms with Gasteiger partial charge in [-0.15, -0.1) is 0 Å². The number of halogens is 1. The second kappa shape index (κ2) is 7.54. The number of fused-ring (bicyclic) bond motifs is 2. The highest BCUT2D eigenvalue weighted by Gasteiger charge is 2.43. The number of carbonyl (C=O) groups is 3. The van der Waals surface area contributed by atoms with Gasteiger partial charge in [0.25, 0.3) is 11.8 Å². The lowest BCUT2D eigenvalue weighted by molar-refractivity contribution is -0.135. The molecule has 0 fully saturated rings. The van der Waals surface area contributed by atoms with E-state index in [9.17, 15) is 14.4 Å². The van der Waals surface area contributed by atoms with Gasteiger partial charge in [0.05, 0.1) is 6.54 Å². The van der Waals surface area contributed by atoms with Crippen LogP contribution in [-0.4, -0.2) is 39.9 Å². The van der Waals surface area contributed by atoms with Crippen molar-refractivity contribution in [1.82, 2.24) is 9.80 Å². The number of nitrogens with zero attached hydrogens (tertiary/aromatic N) is 2. The van der Waals surface area contributed by atoms with Crippen LogP contribution in [0.1, 0.15) is 53.9 Å². The van der Waals surface area contributed by atoms with Gasteiger partial charge in [-0.1, -0.05) is 40.2 Å². The maximum absolute atomic E-state index is 13.7. The summed E-state index contributed by atoms with van der Waals surface area (Å²) in [4.78, 5) is 42.2. The molecule has 0 bridgehead atoms.